The second kappa shape index (κ2) is 13.2. The van der Waals surface area contributed by atoms with Gasteiger partial charge in [-0.15, -0.1) is 0 Å². The molecule has 0 aromatic rings. The maximum Gasteiger partial charge on any atom is 0.311 e. The van der Waals surface area contributed by atoms with Gasteiger partial charge < -0.3 is 34.6 Å². The van der Waals surface area contributed by atoms with Gasteiger partial charge in [0.25, 0.3) is 0 Å². The number of aliphatic hydroxyl groups excluding tert-OH is 4. The molecule has 47 heavy (non-hydrogen) atoms. The molecule has 0 radical (unpaired) electrons. The number of carbonyl (C=O) groups is 2. The monoisotopic (exact) mass is 660 g/mol. The summed E-state index contributed by atoms with van der Waals surface area (Å²) >= 11 is 0. The average molecular weight is 661 g/mol. The number of aliphatic hydroxyl groups is 4. The lowest BCUT2D eigenvalue weighted by Crippen LogP contribution is -2.59. The van der Waals surface area contributed by atoms with Crippen LogP contribution in [-0.2, 0) is 23.8 Å². The zero-order chi connectivity index (χ0) is 34.7. The molecule has 4 N–H and O–H groups in total. The van der Waals surface area contributed by atoms with Crippen LogP contribution in [0.5, 0.6) is 0 Å². The third kappa shape index (κ3) is 6.04. The Morgan fingerprint density at radius 1 is 0.894 bits per heavy atom. The van der Waals surface area contributed by atoms with Crippen molar-refractivity contribution >= 4 is 11.9 Å². The van der Waals surface area contributed by atoms with E-state index in [9.17, 15) is 30.0 Å². The number of hydrogen-bond donors (Lipinski definition) is 4. The van der Waals surface area contributed by atoms with Crippen LogP contribution in [0.25, 0.3) is 0 Å². The van der Waals surface area contributed by atoms with E-state index >= 15 is 0 Å². The molecule has 5 aliphatic rings. The number of fused-ring (bicyclic) bond motifs is 4. The molecule has 1 heterocycles. The summed E-state index contributed by atoms with van der Waals surface area (Å²) in [5.74, 6) is -0.650. The maximum atomic E-state index is 14.1. The third-order valence-electron chi connectivity index (χ3n) is 14.0. The van der Waals surface area contributed by atoms with E-state index in [4.69, 9.17) is 14.2 Å². The van der Waals surface area contributed by atoms with E-state index in [1.165, 1.54) is 12.5 Å². The van der Waals surface area contributed by atoms with Crippen molar-refractivity contribution in [3.63, 3.8) is 0 Å². The third-order valence-corrected chi connectivity index (χ3v) is 14.0. The molecular formula is C38H60O9. The van der Waals surface area contributed by atoms with Crippen molar-refractivity contribution in [1.29, 1.82) is 0 Å². The Morgan fingerprint density at radius 3 is 2.23 bits per heavy atom. The van der Waals surface area contributed by atoms with Crippen molar-refractivity contribution in [2.24, 2.45) is 39.4 Å². The van der Waals surface area contributed by atoms with E-state index in [1.54, 1.807) is 11.1 Å². The Morgan fingerprint density at radius 2 is 1.60 bits per heavy atom. The molecule has 2 saturated carbocycles. The van der Waals surface area contributed by atoms with Crippen LogP contribution in [0.3, 0.4) is 0 Å². The van der Waals surface area contributed by atoms with Gasteiger partial charge in [0.05, 0.1) is 12.5 Å². The van der Waals surface area contributed by atoms with Crippen LogP contribution < -0.4 is 0 Å². The number of allylic oxidation sites excluding steroid dienone is 4. The Kier molecular flexibility index (Phi) is 10.2. The van der Waals surface area contributed by atoms with Crippen LogP contribution in [0.15, 0.2) is 22.8 Å². The van der Waals surface area contributed by atoms with Gasteiger partial charge in [-0.05, 0) is 106 Å². The number of carbonyl (C=O) groups excluding carboxylic acids is 2. The average Bonchev–Trinajstić information content (AvgIpc) is 3.27. The Balaban J connectivity index is 1.44. The Hall–Kier alpha value is -1.78. The molecule has 0 bridgehead atoms. The van der Waals surface area contributed by atoms with Gasteiger partial charge in [0.2, 0.25) is 6.29 Å². The van der Waals surface area contributed by atoms with E-state index in [2.05, 4.69) is 40.7 Å². The standard InChI is InChI=1S/C38H60O9/c1-21(2)10-9-11-23(33(44)47-34-32(43)31(42)30(41)27(20-39)46-34)24-14-18-38(8)26-12-13-28-35(4,5)29(45-22(3)40)16-17-36(28,6)25(26)15-19-37(24,38)7/h10,23-24,27-32,34,39,41-43H,9,11-20H2,1-8H3/t23-,24?,27-,28+,29-,30-,31+,32-,34+,36?,37?,38+/m1/s1. The van der Waals surface area contributed by atoms with Crippen LogP contribution in [0.2, 0.25) is 0 Å². The van der Waals surface area contributed by atoms with Crippen LogP contribution in [0.1, 0.15) is 120 Å². The molecule has 1 aliphatic heterocycles. The number of esters is 2. The van der Waals surface area contributed by atoms with Gasteiger partial charge in [0, 0.05) is 12.3 Å². The van der Waals surface area contributed by atoms with Gasteiger partial charge in [-0.3, -0.25) is 9.59 Å². The van der Waals surface area contributed by atoms with E-state index in [0.717, 1.165) is 51.4 Å². The summed E-state index contributed by atoms with van der Waals surface area (Å²) in [6.07, 6.45) is 3.77. The van der Waals surface area contributed by atoms with E-state index in [-0.39, 0.29) is 39.7 Å². The molecule has 3 unspecified atom stereocenters. The molecule has 9 heteroatoms. The molecule has 0 spiro atoms. The molecule has 5 rings (SSSR count). The van der Waals surface area contributed by atoms with Crippen molar-refractivity contribution in [3.05, 3.63) is 22.8 Å². The number of rotatable bonds is 8. The summed E-state index contributed by atoms with van der Waals surface area (Å²) < 4.78 is 17.3. The largest absolute Gasteiger partial charge is 0.462 e. The minimum absolute atomic E-state index is 0.0427. The van der Waals surface area contributed by atoms with Gasteiger partial charge >= 0.3 is 11.9 Å². The predicted octanol–water partition coefficient (Wildman–Crippen LogP) is 5.37. The molecule has 266 valence electrons. The molecule has 0 aromatic heterocycles. The van der Waals surface area contributed by atoms with Gasteiger partial charge in [0.15, 0.2) is 0 Å². The first-order valence-electron chi connectivity index (χ1n) is 18.0. The normalized spacial score (nSPS) is 43.2. The number of hydrogen-bond acceptors (Lipinski definition) is 9. The van der Waals surface area contributed by atoms with E-state index in [1.807, 2.05) is 13.8 Å². The lowest BCUT2D eigenvalue weighted by Gasteiger charge is -2.62. The highest BCUT2D eigenvalue weighted by Gasteiger charge is 2.64. The van der Waals surface area contributed by atoms with E-state index in [0.29, 0.717) is 18.8 Å². The van der Waals surface area contributed by atoms with Crippen LogP contribution in [0, 0.1) is 39.4 Å². The first-order valence-corrected chi connectivity index (χ1v) is 18.0. The fourth-order valence-corrected chi connectivity index (χ4v) is 11.2. The summed E-state index contributed by atoms with van der Waals surface area (Å²) in [6, 6.07) is 0. The topological polar surface area (TPSA) is 143 Å². The highest BCUT2D eigenvalue weighted by molar-refractivity contribution is 5.73. The first-order chi connectivity index (χ1) is 21.9. The minimum atomic E-state index is -1.63. The molecule has 1 saturated heterocycles. The molecular weight excluding hydrogens is 600 g/mol. The van der Waals surface area contributed by atoms with Crippen LogP contribution in [0.4, 0.5) is 0 Å². The smallest absolute Gasteiger partial charge is 0.311 e. The second-order valence-corrected chi connectivity index (χ2v) is 16.9. The van der Waals surface area contributed by atoms with Crippen LogP contribution >= 0.6 is 0 Å². The second-order valence-electron chi connectivity index (χ2n) is 16.9. The first kappa shape index (κ1) is 36.5. The van der Waals surface area contributed by atoms with Gasteiger partial charge in [0.1, 0.15) is 30.5 Å². The van der Waals surface area contributed by atoms with Crippen molar-refractivity contribution in [3.8, 4) is 0 Å². The number of ether oxygens (including phenoxy) is 3. The zero-order valence-electron chi connectivity index (χ0n) is 29.9. The van der Waals surface area contributed by atoms with Crippen molar-refractivity contribution in [2.45, 2.75) is 156 Å². The predicted molar refractivity (Wildman–Crippen MR) is 177 cm³/mol. The fourth-order valence-electron chi connectivity index (χ4n) is 11.2. The lowest BCUT2D eigenvalue weighted by molar-refractivity contribution is -0.294. The summed E-state index contributed by atoms with van der Waals surface area (Å²) in [5.41, 5.74) is 4.06. The quantitative estimate of drug-likeness (QED) is 0.200. The minimum Gasteiger partial charge on any atom is -0.462 e. The summed E-state index contributed by atoms with van der Waals surface area (Å²) in [5, 5.41) is 40.9. The summed E-state index contributed by atoms with van der Waals surface area (Å²) in [7, 11) is 0. The van der Waals surface area contributed by atoms with Crippen molar-refractivity contribution in [2.75, 3.05) is 6.61 Å². The molecule has 0 amide bonds. The fraction of sp³-hybridized carbons (Fsp3) is 0.842. The SMILES string of the molecule is CC(=O)O[C@@H]1CCC2(C)C3=C(CC[C@H]2C1(C)C)[C@]1(C)CCC([C@@H](CCC=C(C)C)C(=O)O[C@@H]2O[C@H](CO)[C@@H](O)[C@H](O)[C@H]2O)C1(C)CC3. The lowest BCUT2D eigenvalue weighted by atomic mass is 9.43. The molecule has 4 aliphatic carbocycles. The zero-order valence-corrected chi connectivity index (χ0v) is 29.9. The molecule has 9 nitrogen and oxygen atoms in total. The summed E-state index contributed by atoms with van der Waals surface area (Å²) in [6.45, 7) is 16.8. The van der Waals surface area contributed by atoms with Gasteiger partial charge in [-0.2, -0.15) is 0 Å². The molecule has 12 atom stereocenters. The van der Waals surface area contributed by atoms with Crippen molar-refractivity contribution in [1.82, 2.24) is 0 Å². The molecule has 3 fully saturated rings. The highest BCUT2D eigenvalue weighted by Crippen LogP contribution is 2.72. The van der Waals surface area contributed by atoms with Crippen LogP contribution in [-0.4, -0.2) is 75.8 Å². The highest BCUT2D eigenvalue weighted by atomic mass is 16.7. The Bertz CT molecular complexity index is 1270. The van der Waals surface area contributed by atoms with E-state index < -0.39 is 49.2 Å². The molecule has 0 aromatic carbocycles. The maximum absolute atomic E-state index is 14.1. The van der Waals surface area contributed by atoms with Gasteiger partial charge in [-0.1, -0.05) is 57.4 Å². The van der Waals surface area contributed by atoms with Crippen molar-refractivity contribution < 1.29 is 44.2 Å². The summed E-state index contributed by atoms with van der Waals surface area (Å²) in [4.78, 5) is 26.1. The Labute approximate surface area is 281 Å². The van der Waals surface area contributed by atoms with Gasteiger partial charge in [-0.25, -0.2) is 0 Å².